The number of hydrogen-bond donors (Lipinski definition) is 0. The molecule has 0 N–H and O–H groups in total. The molecule has 0 heterocycles. The van der Waals surface area contributed by atoms with E-state index < -0.39 is 0 Å². The Morgan fingerprint density at radius 2 is 1.41 bits per heavy atom. The van der Waals surface area contributed by atoms with Gasteiger partial charge >= 0.3 is 0 Å². The van der Waals surface area contributed by atoms with E-state index in [0.29, 0.717) is 11.8 Å². The van der Waals surface area contributed by atoms with Gasteiger partial charge in [-0.1, -0.05) is 79.9 Å². The first-order valence-electron chi connectivity index (χ1n) is 11.1. The van der Waals surface area contributed by atoms with Gasteiger partial charge in [-0.2, -0.15) is 0 Å². The summed E-state index contributed by atoms with van der Waals surface area (Å²) in [5, 5.41) is 0. The van der Waals surface area contributed by atoms with Crippen molar-refractivity contribution in [1.82, 2.24) is 0 Å². The van der Waals surface area contributed by atoms with Gasteiger partial charge in [-0.15, -0.1) is 0 Å². The Morgan fingerprint density at radius 1 is 0.852 bits per heavy atom. The van der Waals surface area contributed by atoms with Crippen LogP contribution in [0.2, 0.25) is 0 Å². The SMILES string of the molecule is CC(C)C.CC(C)Cc1ccc(OC(OCC2CCCCC2)C(C)C)cc1. The summed E-state index contributed by atoms with van der Waals surface area (Å²) < 4.78 is 12.2. The van der Waals surface area contributed by atoms with Crippen LogP contribution >= 0.6 is 0 Å². The lowest BCUT2D eigenvalue weighted by Gasteiger charge is -2.27. The second kappa shape index (κ2) is 13.2. The average molecular weight is 377 g/mol. The van der Waals surface area contributed by atoms with Crippen molar-refractivity contribution >= 4 is 0 Å². The molecule has 156 valence electrons. The van der Waals surface area contributed by atoms with Crippen LogP contribution < -0.4 is 4.74 Å². The van der Waals surface area contributed by atoms with Crippen molar-refractivity contribution in [3.05, 3.63) is 29.8 Å². The highest BCUT2D eigenvalue weighted by Crippen LogP contribution is 2.25. The van der Waals surface area contributed by atoms with E-state index in [0.717, 1.165) is 30.6 Å². The summed E-state index contributed by atoms with van der Waals surface area (Å²) in [5.74, 6) is 3.51. The third kappa shape index (κ3) is 11.4. The second-order valence-corrected chi connectivity index (χ2v) is 9.54. The highest BCUT2D eigenvalue weighted by Gasteiger charge is 2.20. The zero-order valence-electron chi connectivity index (χ0n) is 19.0. The van der Waals surface area contributed by atoms with Gasteiger partial charge < -0.3 is 9.47 Å². The van der Waals surface area contributed by atoms with E-state index in [1.165, 1.54) is 37.7 Å². The third-order valence-electron chi connectivity index (χ3n) is 4.58. The van der Waals surface area contributed by atoms with Gasteiger partial charge in [0.2, 0.25) is 6.29 Å². The van der Waals surface area contributed by atoms with Crippen LogP contribution in [0, 0.1) is 23.7 Å². The lowest BCUT2D eigenvalue weighted by Crippen LogP contribution is -2.29. The molecule has 0 aromatic heterocycles. The first-order valence-corrected chi connectivity index (χ1v) is 11.1. The van der Waals surface area contributed by atoms with Gasteiger partial charge in [0.25, 0.3) is 0 Å². The maximum atomic E-state index is 6.12. The Hall–Kier alpha value is -1.02. The topological polar surface area (TPSA) is 18.5 Å². The van der Waals surface area contributed by atoms with Crippen molar-refractivity contribution in [2.24, 2.45) is 23.7 Å². The molecule has 0 spiro atoms. The molecule has 1 atom stereocenters. The first-order chi connectivity index (χ1) is 12.8. The minimum atomic E-state index is -0.145. The van der Waals surface area contributed by atoms with Gasteiger partial charge in [0.05, 0.1) is 6.61 Å². The number of rotatable bonds is 8. The molecule has 1 unspecified atom stereocenters. The van der Waals surface area contributed by atoms with Crippen molar-refractivity contribution in [3.8, 4) is 5.75 Å². The Morgan fingerprint density at radius 3 is 1.89 bits per heavy atom. The van der Waals surface area contributed by atoms with Crippen molar-refractivity contribution in [3.63, 3.8) is 0 Å². The molecule has 1 saturated carbocycles. The lowest BCUT2D eigenvalue weighted by molar-refractivity contribution is -0.120. The summed E-state index contributed by atoms with van der Waals surface area (Å²) in [4.78, 5) is 0. The summed E-state index contributed by atoms with van der Waals surface area (Å²) in [6, 6.07) is 8.51. The van der Waals surface area contributed by atoms with Gasteiger partial charge in [0.15, 0.2) is 0 Å². The van der Waals surface area contributed by atoms with Gasteiger partial charge in [-0.05, 0) is 54.7 Å². The molecule has 2 rings (SSSR count). The molecular formula is C25H44O2. The minimum Gasteiger partial charge on any atom is -0.465 e. The highest BCUT2D eigenvalue weighted by molar-refractivity contribution is 5.27. The van der Waals surface area contributed by atoms with Gasteiger partial charge in [-0.25, -0.2) is 0 Å². The molecule has 0 saturated heterocycles. The molecule has 1 fully saturated rings. The maximum Gasteiger partial charge on any atom is 0.202 e. The zero-order valence-corrected chi connectivity index (χ0v) is 19.0. The number of hydrogen-bond acceptors (Lipinski definition) is 2. The van der Waals surface area contributed by atoms with E-state index in [9.17, 15) is 0 Å². The van der Waals surface area contributed by atoms with Crippen LogP contribution in [-0.2, 0) is 11.2 Å². The summed E-state index contributed by atoms with van der Waals surface area (Å²) >= 11 is 0. The summed E-state index contributed by atoms with van der Waals surface area (Å²) in [5.41, 5.74) is 1.37. The lowest BCUT2D eigenvalue weighted by atomic mass is 9.90. The average Bonchev–Trinajstić information content (AvgIpc) is 2.59. The predicted octanol–water partition coefficient (Wildman–Crippen LogP) is 7.51. The minimum absolute atomic E-state index is 0.145. The molecule has 1 aliphatic carbocycles. The number of benzene rings is 1. The van der Waals surface area contributed by atoms with E-state index in [1.54, 1.807) is 0 Å². The van der Waals surface area contributed by atoms with Crippen LogP contribution in [0.1, 0.15) is 86.1 Å². The molecule has 0 aliphatic heterocycles. The summed E-state index contributed by atoms with van der Waals surface area (Å²) in [7, 11) is 0. The molecule has 2 nitrogen and oxygen atoms in total. The monoisotopic (exact) mass is 376 g/mol. The Labute approximate surface area is 169 Å². The standard InChI is InChI=1S/C21H34O2.C4H10/c1-16(2)14-18-10-12-20(13-11-18)23-21(17(3)4)22-15-19-8-6-5-7-9-19;1-4(2)3/h10-13,16-17,19,21H,5-9,14-15H2,1-4H3;4H,1-3H3. The molecule has 27 heavy (non-hydrogen) atoms. The van der Waals surface area contributed by atoms with Crippen LogP contribution in [0.25, 0.3) is 0 Å². The van der Waals surface area contributed by atoms with E-state index in [1.807, 2.05) is 0 Å². The van der Waals surface area contributed by atoms with Crippen LogP contribution in [0.3, 0.4) is 0 Å². The van der Waals surface area contributed by atoms with Crippen molar-refractivity contribution in [2.45, 2.75) is 93.3 Å². The predicted molar refractivity (Wildman–Crippen MR) is 117 cm³/mol. The Balaban J connectivity index is 0.000000828. The Bertz CT molecular complexity index is 467. The second-order valence-electron chi connectivity index (χ2n) is 9.54. The normalized spacial score (nSPS) is 16.4. The fourth-order valence-corrected chi connectivity index (χ4v) is 3.26. The molecular weight excluding hydrogens is 332 g/mol. The van der Waals surface area contributed by atoms with Crippen LogP contribution in [0.15, 0.2) is 24.3 Å². The van der Waals surface area contributed by atoms with Crippen LogP contribution in [0.4, 0.5) is 0 Å². The summed E-state index contributed by atoms with van der Waals surface area (Å²) in [6.07, 6.45) is 7.71. The van der Waals surface area contributed by atoms with Crippen molar-refractivity contribution in [2.75, 3.05) is 6.61 Å². The quantitative estimate of drug-likeness (QED) is 0.437. The fourth-order valence-electron chi connectivity index (χ4n) is 3.26. The van der Waals surface area contributed by atoms with Crippen LogP contribution in [-0.4, -0.2) is 12.9 Å². The maximum absolute atomic E-state index is 6.12. The number of ether oxygens (including phenoxy) is 2. The molecule has 0 bridgehead atoms. The Kier molecular flexibility index (Phi) is 11.7. The third-order valence-corrected chi connectivity index (χ3v) is 4.58. The molecule has 1 aromatic carbocycles. The molecule has 0 amide bonds. The first kappa shape index (κ1) is 24.0. The van der Waals surface area contributed by atoms with Gasteiger partial charge in [0.1, 0.15) is 5.75 Å². The molecule has 1 aromatic rings. The van der Waals surface area contributed by atoms with E-state index in [2.05, 4.69) is 72.7 Å². The highest BCUT2D eigenvalue weighted by atomic mass is 16.7. The van der Waals surface area contributed by atoms with Crippen molar-refractivity contribution < 1.29 is 9.47 Å². The molecule has 2 heteroatoms. The zero-order chi connectivity index (χ0) is 20.2. The fraction of sp³-hybridized carbons (Fsp3) is 0.760. The smallest absolute Gasteiger partial charge is 0.202 e. The van der Waals surface area contributed by atoms with Gasteiger partial charge in [-0.3, -0.25) is 0 Å². The van der Waals surface area contributed by atoms with E-state index in [4.69, 9.17) is 9.47 Å². The summed E-state index contributed by atoms with van der Waals surface area (Å²) in [6.45, 7) is 16.2. The van der Waals surface area contributed by atoms with E-state index >= 15 is 0 Å². The largest absolute Gasteiger partial charge is 0.465 e. The van der Waals surface area contributed by atoms with Crippen molar-refractivity contribution in [1.29, 1.82) is 0 Å². The molecule has 1 aliphatic rings. The van der Waals surface area contributed by atoms with Crippen LogP contribution in [0.5, 0.6) is 5.75 Å². The molecule has 0 radical (unpaired) electrons. The van der Waals surface area contributed by atoms with E-state index in [-0.39, 0.29) is 6.29 Å². The van der Waals surface area contributed by atoms with Gasteiger partial charge in [0, 0.05) is 5.92 Å².